The summed E-state index contributed by atoms with van der Waals surface area (Å²) >= 11 is 0. The zero-order chi connectivity index (χ0) is 16.0. The predicted octanol–water partition coefficient (Wildman–Crippen LogP) is 4.01. The van der Waals surface area contributed by atoms with Crippen molar-refractivity contribution in [2.45, 2.75) is 32.4 Å². The lowest BCUT2D eigenvalue weighted by Crippen LogP contribution is -2.23. The molecule has 0 saturated carbocycles. The zero-order valence-corrected chi connectivity index (χ0v) is 12.7. The Balaban J connectivity index is 2.88. The van der Waals surface area contributed by atoms with Gasteiger partial charge in [0.25, 0.3) is 0 Å². The van der Waals surface area contributed by atoms with Crippen LogP contribution in [0.2, 0.25) is 0 Å². The van der Waals surface area contributed by atoms with Crippen LogP contribution in [-0.4, -0.2) is 24.1 Å². The Hall–Kier alpha value is -1.85. The molecule has 0 amide bonds. The van der Waals surface area contributed by atoms with Crippen LogP contribution in [0.3, 0.4) is 0 Å². The van der Waals surface area contributed by atoms with Crippen LogP contribution in [0.5, 0.6) is 0 Å². The van der Waals surface area contributed by atoms with Gasteiger partial charge in [-0.25, -0.2) is 9.97 Å². The summed E-state index contributed by atoms with van der Waals surface area (Å²) in [5.74, 6) is 0. The van der Waals surface area contributed by atoms with Crippen LogP contribution in [0.15, 0.2) is 18.2 Å². The van der Waals surface area contributed by atoms with Gasteiger partial charge in [-0.3, -0.25) is 0 Å². The Kier molecular flexibility index (Phi) is 3.59. The van der Waals surface area contributed by atoms with E-state index >= 15 is 0 Å². The van der Waals surface area contributed by atoms with Crippen LogP contribution in [-0.2, 0) is 11.6 Å². The molecule has 114 valence electrons. The molecule has 0 atom stereocenters. The first-order valence-electron chi connectivity index (χ1n) is 6.57. The number of rotatable bonds is 1. The van der Waals surface area contributed by atoms with Gasteiger partial charge in [-0.05, 0) is 12.1 Å². The normalized spacial score (nSPS) is 12.8. The number of aromatic nitrogens is 2. The van der Waals surface area contributed by atoms with Gasteiger partial charge in [0.05, 0.1) is 16.9 Å². The third-order valence-corrected chi connectivity index (χ3v) is 3.13. The van der Waals surface area contributed by atoms with Crippen molar-refractivity contribution in [3.8, 4) is 0 Å². The third-order valence-electron chi connectivity index (χ3n) is 3.13. The molecule has 3 nitrogen and oxygen atoms in total. The van der Waals surface area contributed by atoms with Crippen molar-refractivity contribution in [1.82, 2.24) is 9.97 Å². The van der Waals surface area contributed by atoms with Crippen molar-refractivity contribution in [2.75, 3.05) is 19.0 Å². The van der Waals surface area contributed by atoms with Crippen LogP contribution in [0.25, 0.3) is 11.0 Å². The maximum absolute atomic E-state index is 13.3. The van der Waals surface area contributed by atoms with Gasteiger partial charge in [-0.1, -0.05) is 26.8 Å². The molecule has 0 aliphatic rings. The number of para-hydroxylation sites is 1. The molecule has 2 rings (SSSR count). The number of hydrogen-bond acceptors (Lipinski definition) is 3. The van der Waals surface area contributed by atoms with Crippen molar-refractivity contribution in [3.63, 3.8) is 0 Å². The summed E-state index contributed by atoms with van der Waals surface area (Å²) in [6.07, 6.45) is -4.52. The number of halogens is 3. The lowest BCUT2D eigenvalue weighted by molar-refractivity contribution is -0.142. The summed E-state index contributed by atoms with van der Waals surface area (Å²) < 4.78 is 39.8. The second-order valence-electron chi connectivity index (χ2n) is 6.21. The largest absolute Gasteiger partial charge is 0.435 e. The van der Waals surface area contributed by atoms with Crippen molar-refractivity contribution < 1.29 is 13.2 Å². The fourth-order valence-electron chi connectivity index (χ4n) is 2.14. The van der Waals surface area contributed by atoms with Gasteiger partial charge < -0.3 is 4.90 Å². The highest BCUT2D eigenvalue weighted by atomic mass is 19.4. The molecule has 1 aromatic carbocycles. The Bertz CT molecular complexity index is 670. The molecule has 0 bridgehead atoms. The molecule has 0 saturated heterocycles. The monoisotopic (exact) mass is 297 g/mol. The minimum atomic E-state index is -4.52. The molecule has 0 radical (unpaired) electrons. The van der Waals surface area contributed by atoms with Crippen molar-refractivity contribution in [1.29, 1.82) is 0 Å². The SMILES string of the molecule is CN(C)c1cccc2nc(C(F)(F)F)c(C(C)(C)C)nc12. The summed E-state index contributed by atoms with van der Waals surface area (Å²) in [6.45, 7) is 5.11. The highest BCUT2D eigenvalue weighted by Gasteiger charge is 2.40. The molecular formula is C15H18F3N3. The first kappa shape index (κ1) is 15.5. The fourth-order valence-corrected chi connectivity index (χ4v) is 2.14. The highest BCUT2D eigenvalue weighted by Crippen LogP contribution is 2.37. The number of alkyl halides is 3. The lowest BCUT2D eigenvalue weighted by Gasteiger charge is -2.24. The molecule has 0 fully saturated rings. The summed E-state index contributed by atoms with van der Waals surface area (Å²) in [4.78, 5) is 9.97. The topological polar surface area (TPSA) is 29.0 Å². The van der Waals surface area contributed by atoms with E-state index in [0.29, 0.717) is 5.52 Å². The van der Waals surface area contributed by atoms with Gasteiger partial charge in [0, 0.05) is 19.5 Å². The van der Waals surface area contributed by atoms with Gasteiger partial charge >= 0.3 is 6.18 Å². The van der Waals surface area contributed by atoms with Crippen molar-refractivity contribution >= 4 is 16.7 Å². The van der Waals surface area contributed by atoms with Crippen LogP contribution in [0.4, 0.5) is 18.9 Å². The number of nitrogens with zero attached hydrogens (tertiary/aromatic N) is 3. The lowest BCUT2D eigenvalue weighted by atomic mass is 9.89. The summed E-state index contributed by atoms with van der Waals surface area (Å²) in [5.41, 5.74) is -0.192. The number of benzene rings is 1. The van der Waals surface area contributed by atoms with Gasteiger partial charge in [0.2, 0.25) is 0 Å². The fraction of sp³-hybridized carbons (Fsp3) is 0.467. The van der Waals surface area contributed by atoms with Crippen LogP contribution < -0.4 is 4.90 Å². The van der Waals surface area contributed by atoms with Gasteiger partial charge in [0.1, 0.15) is 5.52 Å². The maximum atomic E-state index is 13.3. The molecule has 0 spiro atoms. The van der Waals surface area contributed by atoms with Crippen LogP contribution >= 0.6 is 0 Å². The van der Waals surface area contributed by atoms with E-state index in [1.54, 1.807) is 32.9 Å². The van der Waals surface area contributed by atoms with E-state index in [4.69, 9.17) is 0 Å². The average Bonchev–Trinajstić information content (AvgIpc) is 2.34. The molecule has 2 aromatic rings. The Labute approximate surface area is 121 Å². The van der Waals surface area contributed by atoms with E-state index in [2.05, 4.69) is 9.97 Å². The molecule has 0 unspecified atom stereocenters. The molecule has 0 N–H and O–H groups in total. The maximum Gasteiger partial charge on any atom is 0.435 e. The second-order valence-corrected chi connectivity index (χ2v) is 6.21. The first-order valence-corrected chi connectivity index (χ1v) is 6.57. The quantitative estimate of drug-likeness (QED) is 0.796. The smallest absolute Gasteiger partial charge is 0.376 e. The molecule has 21 heavy (non-hydrogen) atoms. The van der Waals surface area contributed by atoms with E-state index in [1.165, 1.54) is 0 Å². The van der Waals surface area contributed by atoms with Crippen LogP contribution in [0.1, 0.15) is 32.2 Å². The van der Waals surface area contributed by atoms with Gasteiger partial charge in [-0.15, -0.1) is 0 Å². The minimum Gasteiger partial charge on any atom is -0.376 e. The van der Waals surface area contributed by atoms with Crippen molar-refractivity contribution in [3.05, 3.63) is 29.6 Å². The van der Waals surface area contributed by atoms with Crippen molar-refractivity contribution in [2.24, 2.45) is 0 Å². The first-order chi connectivity index (χ1) is 9.51. The molecule has 1 heterocycles. The molecule has 6 heteroatoms. The molecular weight excluding hydrogens is 279 g/mol. The standard InChI is InChI=1S/C15H18F3N3/c1-14(2,3)12-13(15(16,17)18)19-9-7-6-8-10(21(4)5)11(9)20-12/h6-8H,1-5H3. The summed E-state index contributed by atoms with van der Waals surface area (Å²) in [7, 11) is 3.65. The molecule has 1 aromatic heterocycles. The summed E-state index contributed by atoms with van der Waals surface area (Å²) in [5, 5.41) is 0. The molecule has 0 aliphatic carbocycles. The number of anilines is 1. The highest BCUT2D eigenvalue weighted by molar-refractivity contribution is 5.88. The van der Waals surface area contributed by atoms with E-state index in [0.717, 1.165) is 5.69 Å². The van der Waals surface area contributed by atoms with E-state index in [-0.39, 0.29) is 11.2 Å². The second kappa shape index (κ2) is 4.86. The molecule has 0 aliphatic heterocycles. The predicted molar refractivity (Wildman–Crippen MR) is 77.6 cm³/mol. The number of hydrogen-bond donors (Lipinski definition) is 0. The minimum absolute atomic E-state index is 0.0307. The average molecular weight is 297 g/mol. The Morgan fingerprint density at radius 3 is 2.05 bits per heavy atom. The van der Waals surface area contributed by atoms with E-state index in [1.807, 2.05) is 25.1 Å². The zero-order valence-electron chi connectivity index (χ0n) is 12.7. The van der Waals surface area contributed by atoms with Gasteiger partial charge in [-0.2, -0.15) is 13.2 Å². The Morgan fingerprint density at radius 2 is 1.57 bits per heavy atom. The third kappa shape index (κ3) is 2.94. The number of fused-ring (bicyclic) bond motifs is 1. The Morgan fingerprint density at radius 1 is 0.952 bits per heavy atom. The summed E-state index contributed by atoms with van der Waals surface area (Å²) in [6, 6.07) is 5.05. The van der Waals surface area contributed by atoms with Gasteiger partial charge in [0.15, 0.2) is 5.69 Å². The van der Waals surface area contributed by atoms with Crippen LogP contribution in [0, 0.1) is 0 Å². The van der Waals surface area contributed by atoms with E-state index in [9.17, 15) is 13.2 Å². The van der Waals surface area contributed by atoms with E-state index < -0.39 is 17.3 Å².